The second-order valence-electron chi connectivity index (χ2n) is 10.8. The Balaban J connectivity index is 1.67. The van der Waals surface area contributed by atoms with Gasteiger partial charge in [0.05, 0.1) is 17.7 Å². The summed E-state index contributed by atoms with van der Waals surface area (Å²) < 4.78 is 20.7. The van der Waals surface area contributed by atoms with Crippen molar-refractivity contribution in [1.82, 2.24) is 15.1 Å². The summed E-state index contributed by atoms with van der Waals surface area (Å²) in [6.45, 7) is 4.26. The van der Waals surface area contributed by atoms with Gasteiger partial charge in [0.15, 0.2) is 0 Å². The van der Waals surface area contributed by atoms with E-state index in [9.17, 15) is 15.0 Å². The van der Waals surface area contributed by atoms with E-state index in [1.165, 1.54) is 6.07 Å². The number of methoxy groups -OCH3 is 1. The van der Waals surface area contributed by atoms with E-state index in [2.05, 4.69) is 5.32 Å². The smallest absolute Gasteiger partial charge is 0.320 e. The average Bonchev–Trinajstić information content (AvgIpc) is 3.31. The highest BCUT2D eigenvalue weighted by Gasteiger charge is 2.44. The molecule has 7 nitrogen and oxygen atoms in total. The van der Waals surface area contributed by atoms with E-state index in [4.69, 9.17) is 4.74 Å². The van der Waals surface area contributed by atoms with Crippen LogP contribution in [-0.4, -0.2) is 85.1 Å². The molecule has 0 saturated carbocycles. The third-order valence-electron chi connectivity index (χ3n) is 8.24. The van der Waals surface area contributed by atoms with Gasteiger partial charge in [-0.05, 0) is 63.3 Å². The molecule has 2 fully saturated rings. The first kappa shape index (κ1) is 28.5. The summed E-state index contributed by atoms with van der Waals surface area (Å²) in [7, 11) is 3.44. The van der Waals surface area contributed by atoms with E-state index >= 15 is 4.39 Å². The maximum Gasteiger partial charge on any atom is 0.320 e. The molecule has 0 aliphatic carbocycles. The number of aryl methyl sites for hydroxylation is 1. The van der Waals surface area contributed by atoms with Crippen LogP contribution in [0.5, 0.6) is 0 Å². The van der Waals surface area contributed by atoms with Crippen LogP contribution in [0.1, 0.15) is 43.2 Å². The summed E-state index contributed by atoms with van der Waals surface area (Å²) in [5.74, 6) is -0.628. The van der Waals surface area contributed by atoms with Crippen LogP contribution in [0.15, 0.2) is 42.5 Å². The number of β-amino-alcohol motifs (C(OH)–C–C–N with tert-alkyl or cyclic N) is 1. The van der Waals surface area contributed by atoms with Gasteiger partial charge in [-0.1, -0.05) is 42.0 Å². The van der Waals surface area contributed by atoms with Crippen LogP contribution in [0.2, 0.25) is 0 Å². The quantitative estimate of drug-likeness (QED) is 0.431. The third-order valence-corrected chi connectivity index (χ3v) is 8.24. The van der Waals surface area contributed by atoms with Gasteiger partial charge in [0.2, 0.25) is 0 Å². The summed E-state index contributed by atoms with van der Waals surface area (Å²) >= 11 is 0. The van der Waals surface area contributed by atoms with Crippen molar-refractivity contribution in [3.05, 3.63) is 59.4 Å². The summed E-state index contributed by atoms with van der Waals surface area (Å²) in [5.41, 5.74) is 1.43. The number of aliphatic hydroxyl groups is 2. The number of piperidine rings is 1. The first-order valence-electron chi connectivity index (χ1n) is 13.7. The fourth-order valence-corrected chi connectivity index (χ4v) is 6.15. The molecular formula is C30H42FN3O4. The molecule has 2 aromatic carbocycles. The topological polar surface area (TPSA) is 85.3 Å². The fraction of sp³-hybridized carbons (Fsp3) is 0.567. The van der Waals surface area contributed by atoms with Crippen molar-refractivity contribution >= 4 is 6.03 Å². The molecule has 8 heteroatoms. The van der Waals surface area contributed by atoms with Gasteiger partial charge in [-0.15, -0.1) is 0 Å². The lowest BCUT2D eigenvalue weighted by Crippen LogP contribution is -2.52. The molecule has 0 aromatic heterocycles. The average molecular weight is 528 g/mol. The van der Waals surface area contributed by atoms with Crippen LogP contribution in [-0.2, 0) is 10.3 Å². The number of hydrogen-bond donors (Lipinski definition) is 3. The van der Waals surface area contributed by atoms with Crippen LogP contribution in [0.4, 0.5) is 9.18 Å². The molecule has 2 aromatic rings. The molecule has 0 spiro atoms. The fourth-order valence-electron chi connectivity index (χ4n) is 6.15. The molecule has 2 aliphatic heterocycles. The van der Waals surface area contributed by atoms with Crippen LogP contribution in [0.3, 0.4) is 0 Å². The van der Waals surface area contributed by atoms with Crippen molar-refractivity contribution in [3.63, 3.8) is 0 Å². The van der Waals surface area contributed by atoms with Gasteiger partial charge in [-0.3, -0.25) is 0 Å². The van der Waals surface area contributed by atoms with Crippen molar-refractivity contribution in [3.8, 4) is 11.1 Å². The Labute approximate surface area is 225 Å². The number of benzene rings is 2. The van der Waals surface area contributed by atoms with E-state index in [1.807, 2.05) is 37.3 Å². The molecule has 208 valence electrons. The second kappa shape index (κ2) is 12.6. The van der Waals surface area contributed by atoms with Crippen molar-refractivity contribution in [1.29, 1.82) is 0 Å². The highest BCUT2D eigenvalue weighted by molar-refractivity contribution is 5.75. The van der Waals surface area contributed by atoms with Crippen LogP contribution in [0.25, 0.3) is 11.1 Å². The summed E-state index contributed by atoms with van der Waals surface area (Å²) in [5, 5.41) is 25.9. The van der Waals surface area contributed by atoms with Gasteiger partial charge < -0.3 is 30.1 Å². The van der Waals surface area contributed by atoms with Gasteiger partial charge in [0.25, 0.3) is 0 Å². The van der Waals surface area contributed by atoms with E-state index < -0.39 is 11.7 Å². The number of likely N-dealkylation sites (tertiary alicyclic amines) is 2. The number of rotatable bonds is 9. The number of amides is 2. The standard InChI is InChI=1S/C30H42FN3O4/c1-21-9-6-10-22(17-21)28-24(12-7-13-25(28)31)30(37,14-4-5-16-38-3)23-11-8-15-33(18-23)29(36)34-19-26(32-2)27(35)20-34/h6-7,9-10,12-13,17,23,26-27,32,35,37H,4-5,8,11,14-16,18-20H2,1-3H3. The summed E-state index contributed by atoms with van der Waals surface area (Å²) in [4.78, 5) is 16.9. The minimum Gasteiger partial charge on any atom is -0.390 e. The number of likely N-dealkylation sites (N-methyl/N-ethyl adjacent to an activating group) is 1. The molecular weight excluding hydrogens is 485 g/mol. The first-order chi connectivity index (χ1) is 18.3. The van der Waals surface area contributed by atoms with Gasteiger partial charge in [-0.25, -0.2) is 9.18 Å². The zero-order valence-electron chi connectivity index (χ0n) is 22.8. The molecule has 2 heterocycles. The maximum absolute atomic E-state index is 15.5. The number of carbonyl (C=O) groups is 1. The van der Waals surface area contributed by atoms with Crippen molar-refractivity contribution in [2.45, 2.75) is 56.8 Å². The monoisotopic (exact) mass is 527 g/mol. The van der Waals surface area contributed by atoms with Crippen LogP contribution >= 0.6 is 0 Å². The van der Waals surface area contributed by atoms with Gasteiger partial charge in [0.1, 0.15) is 5.82 Å². The molecule has 4 atom stereocenters. The Morgan fingerprint density at radius 1 is 1.16 bits per heavy atom. The normalized spacial score (nSPS) is 23.5. The molecule has 2 aliphatic rings. The second-order valence-corrected chi connectivity index (χ2v) is 10.8. The molecule has 4 unspecified atom stereocenters. The van der Waals surface area contributed by atoms with Gasteiger partial charge >= 0.3 is 6.03 Å². The number of nitrogens with zero attached hydrogens (tertiary/aromatic N) is 2. The Morgan fingerprint density at radius 2 is 1.95 bits per heavy atom. The van der Waals surface area contributed by atoms with Crippen molar-refractivity contribution < 1.29 is 24.1 Å². The highest BCUT2D eigenvalue weighted by Crippen LogP contribution is 2.44. The number of unbranched alkanes of at least 4 members (excludes halogenated alkanes) is 1. The first-order valence-corrected chi connectivity index (χ1v) is 13.7. The van der Waals surface area contributed by atoms with E-state index in [0.29, 0.717) is 50.2 Å². The predicted molar refractivity (Wildman–Crippen MR) is 146 cm³/mol. The molecule has 0 bridgehead atoms. The Kier molecular flexibility index (Phi) is 9.41. The lowest BCUT2D eigenvalue weighted by molar-refractivity contribution is -0.0573. The van der Waals surface area contributed by atoms with Crippen molar-refractivity contribution in [2.75, 3.05) is 46.9 Å². The maximum atomic E-state index is 15.5. The number of carbonyl (C=O) groups excluding carboxylic acids is 1. The Hall–Kier alpha value is -2.52. The molecule has 4 rings (SSSR count). The Bertz CT molecular complexity index is 1100. The molecule has 0 radical (unpaired) electrons. The van der Waals surface area contributed by atoms with Crippen LogP contribution in [0, 0.1) is 18.7 Å². The predicted octanol–water partition coefficient (Wildman–Crippen LogP) is 3.90. The minimum absolute atomic E-state index is 0.119. The number of aliphatic hydroxyl groups excluding tert-OH is 1. The summed E-state index contributed by atoms with van der Waals surface area (Å²) in [6, 6.07) is 12.4. The molecule has 3 N–H and O–H groups in total. The SMILES string of the molecule is CNC1CN(C(=O)N2CCCC(C(O)(CCCCOC)c3cccc(F)c3-c3cccc(C)c3)C2)CC1O. The van der Waals surface area contributed by atoms with E-state index in [0.717, 1.165) is 30.4 Å². The number of hydrogen-bond acceptors (Lipinski definition) is 5. The van der Waals surface area contributed by atoms with Crippen LogP contribution < -0.4 is 5.32 Å². The number of nitrogens with one attached hydrogen (secondary N) is 1. The third kappa shape index (κ3) is 6.04. The van der Waals surface area contributed by atoms with E-state index in [-0.39, 0.29) is 30.4 Å². The zero-order valence-corrected chi connectivity index (χ0v) is 22.8. The van der Waals surface area contributed by atoms with Gasteiger partial charge in [0, 0.05) is 51.4 Å². The van der Waals surface area contributed by atoms with Crippen molar-refractivity contribution in [2.24, 2.45) is 5.92 Å². The number of ether oxygens (including phenoxy) is 1. The molecule has 38 heavy (non-hydrogen) atoms. The summed E-state index contributed by atoms with van der Waals surface area (Å²) in [6.07, 6.45) is 2.80. The molecule has 2 saturated heterocycles. The lowest BCUT2D eigenvalue weighted by atomic mass is 9.72. The lowest BCUT2D eigenvalue weighted by Gasteiger charge is -2.44. The number of halogens is 1. The van der Waals surface area contributed by atoms with E-state index in [1.54, 1.807) is 30.0 Å². The minimum atomic E-state index is -1.33. The Morgan fingerprint density at radius 3 is 2.66 bits per heavy atom. The zero-order chi connectivity index (χ0) is 27.3. The van der Waals surface area contributed by atoms with Gasteiger partial charge in [-0.2, -0.15) is 0 Å². The number of urea groups is 1. The molecule has 2 amide bonds. The largest absolute Gasteiger partial charge is 0.390 e. The highest BCUT2D eigenvalue weighted by atomic mass is 19.1.